The SMILES string of the molecule is O=C(NS(=O)(=O)c1ccc(NC(CSc2ccccc2)C[C@H]2CCCN2)c(S(=O)(=O)C(F)(F)F)c1)c1ccc(N2CCC(C(O)c3ccccc3-c3ccc(Cl)cc3)CC2)cc1. The van der Waals surface area contributed by atoms with Crippen molar-refractivity contribution in [2.45, 2.75) is 70.5 Å². The molecular formula is C45H46ClF3N4O6S3. The van der Waals surface area contributed by atoms with Gasteiger partial charge in [0.25, 0.3) is 25.8 Å². The van der Waals surface area contributed by atoms with Gasteiger partial charge in [0, 0.05) is 52.1 Å². The van der Waals surface area contributed by atoms with Crippen molar-refractivity contribution in [1.29, 1.82) is 0 Å². The van der Waals surface area contributed by atoms with Crippen molar-refractivity contribution in [2.24, 2.45) is 5.92 Å². The molecule has 10 nitrogen and oxygen atoms in total. The van der Waals surface area contributed by atoms with Crippen molar-refractivity contribution in [1.82, 2.24) is 10.0 Å². The number of nitrogens with zero attached hydrogens (tertiary/aromatic N) is 1. The van der Waals surface area contributed by atoms with Gasteiger partial charge < -0.3 is 20.6 Å². The molecule has 5 aromatic carbocycles. The Morgan fingerprint density at radius 3 is 2.21 bits per heavy atom. The summed E-state index contributed by atoms with van der Waals surface area (Å²) in [4.78, 5) is 14.2. The highest BCUT2D eigenvalue weighted by Crippen LogP contribution is 2.39. The van der Waals surface area contributed by atoms with Crippen molar-refractivity contribution in [3.8, 4) is 11.1 Å². The van der Waals surface area contributed by atoms with Crippen molar-refractivity contribution in [3.63, 3.8) is 0 Å². The highest BCUT2D eigenvalue weighted by Gasteiger charge is 2.48. The molecule has 4 N–H and O–H groups in total. The number of amides is 1. The summed E-state index contributed by atoms with van der Waals surface area (Å²) in [6.45, 7) is 2.01. The van der Waals surface area contributed by atoms with Crippen LogP contribution in [0.4, 0.5) is 24.5 Å². The minimum absolute atomic E-state index is 0.0132. The van der Waals surface area contributed by atoms with E-state index in [0.29, 0.717) is 49.2 Å². The zero-order valence-corrected chi connectivity index (χ0v) is 36.6. The number of alkyl halides is 3. The molecule has 328 valence electrons. The number of anilines is 2. The molecule has 3 atom stereocenters. The highest BCUT2D eigenvalue weighted by atomic mass is 35.5. The van der Waals surface area contributed by atoms with Crippen LogP contribution in [0.25, 0.3) is 11.1 Å². The third-order valence-corrected chi connectivity index (χ3v) is 15.6. The van der Waals surface area contributed by atoms with Gasteiger partial charge in [0.05, 0.1) is 16.7 Å². The smallest absolute Gasteiger partial charge is 0.388 e. The first kappa shape index (κ1) is 45.4. The fourth-order valence-electron chi connectivity index (χ4n) is 7.98. The highest BCUT2D eigenvalue weighted by molar-refractivity contribution is 7.99. The Hall–Kier alpha value is -4.58. The van der Waals surface area contributed by atoms with Gasteiger partial charge in [-0.3, -0.25) is 4.79 Å². The van der Waals surface area contributed by atoms with Crippen LogP contribution in [-0.2, 0) is 19.9 Å². The van der Waals surface area contributed by atoms with E-state index in [-0.39, 0.29) is 17.5 Å². The van der Waals surface area contributed by atoms with Gasteiger partial charge in [0.1, 0.15) is 4.90 Å². The minimum Gasteiger partial charge on any atom is -0.388 e. The van der Waals surface area contributed by atoms with E-state index in [1.54, 1.807) is 12.1 Å². The number of sulfonamides is 1. The number of carbonyl (C=O) groups excluding carboxylic acids is 1. The van der Waals surface area contributed by atoms with E-state index in [9.17, 15) is 39.9 Å². The van der Waals surface area contributed by atoms with Crippen LogP contribution in [0.3, 0.4) is 0 Å². The lowest BCUT2D eigenvalue weighted by molar-refractivity contribution is -0.0435. The molecule has 0 saturated carbocycles. The molecule has 2 heterocycles. The lowest BCUT2D eigenvalue weighted by Gasteiger charge is -2.36. The molecule has 2 unspecified atom stereocenters. The number of rotatable bonds is 15. The zero-order chi connectivity index (χ0) is 44.1. The Labute approximate surface area is 369 Å². The average molecular weight is 928 g/mol. The summed E-state index contributed by atoms with van der Waals surface area (Å²) in [5.74, 6) is -0.687. The predicted octanol–water partition coefficient (Wildman–Crippen LogP) is 9.08. The van der Waals surface area contributed by atoms with Gasteiger partial charge in [-0.2, -0.15) is 13.2 Å². The molecule has 0 aromatic heterocycles. The van der Waals surface area contributed by atoms with Crippen molar-refractivity contribution >= 4 is 60.5 Å². The van der Waals surface area contributed by atoms with Gasteiger partial charge >= 0.3 is 5.51 Å². The lowest BCUT2D eigenvalue weighted by atomic mass is 9.84. The molecule has 0 spiro atoms. The Balaban J connectivity index is 1.02. The predicted molar refractivity (Wildman–Crippen MR) is 238 cm³/mol. The van der Waals surface area contributed by atoms with Gasteiger partial charge in [-0.05, 0) is 128 Å². The first-order chi connectivity index (χ1) is 29.6. The summed E-state index contributed by atoms with van der Waals surface area (Å²) < 4.78 is 97.2. The number of halogens is 4. The summed E-state index contributed by atoms with van der Waals surface area (Å²) in [6, 6.07) is 32.7. The second-order valence-electron chi connectivity index (χ2n) is 15.4. The number of sulfone groups is 1. The maximum atomic E-state index is 14.1. The molecule has 5 aromatic rings. The molecule has 2 saturated heterocycles. The molecule has 7 rings (SSSR count). The van der Waals surface area contributed by atoms with Crippen LogP contribution in [0.15, 0.2) is 136 Å². The molecule has 1 amide bonds. The van der Waals surface area contributed by atoms with E-state index in [1.807, 2.05) is 83.6 Å². The average Bonchev–Trinajstić information content (AvgIpc) is 3.79. The summed E-state index contributed by atoms with van der Waals surface area (Å²) in [5.41, 5.74) is -2.69. The number of aliphatic hydroxyl groups is 1. The molecule has 17 heteroatoms. The summed E-state index contributed by atoms with van der Waals surface area (Å²) in [5, 5.41) is 18.5. The molecule has 2 aliphatic rings. The van der Waals surface area contributed by atoms with Crippen LogP contribution >= 0.6 is 23.4 Å². The largest absolute Gasteiger partial charge is 0.501 e. The summed E-state index contributed by atoms with van der Waals surface area (Å²) in [6.07, 6.45) is 2.91. The number of hydrogen-bond donors (Lipinski definition) is 4. The number of carbonyl (C=O) groups is 1. The van der Waals surface area contributed by atoms with E-state index < -0.39 is 58.9 Å². The second-order valence-corrected chi connectivity index (χ2v) is 20.6. The van der Waals surface area contributed by atoms with Crippen molar-refractivity contribution in [3.05, 3.63) is 137 Å². The van der Waals surface area contributed by atoms with Crippen LogP contribution in [0.5, 0.6) is 0 Å². The van der Waals surface area contributed by atoms with E-state index in [2.05, 4.69) is 15.5 Å². The van der Waals surface area contributed by atoms with Gasteiger partial charge in [0.15, 0.2) is 0 Å². The van der Waals surface area contributed by atoms with E-state index in [1.165, 1.54) is 23.9 Å². The maximum Gasteiger partial charge on any atom is 0.501 e. The quantitative estimate of drug-likeness (QED) is 0.0751. The van der Waals surface area contributed by atoms with Gasteiger partial charge in [-0.1, -0.05) is 66.2 Å². The Morgan fingerprint density at radius 1 is 0.871 bits per heavy atom. The number of benzene rings is 5. The van der Waals surface area contributed by atoms with Crippen LogP contribution < -0.4 is 20.3 Å². The van der Waals surface area contributed by atoms with Crippen molar-refractivity contribution < 1.29 is 39.9 Å². The Morgan fingerprint density at radius 2 is 1.55 bits per heavy atom. The molecule has 62 heavy (non-hydrogen) atoms. The number of thioether (sulfide) groups is 1. The molecule has 0 aliphatic carbocycles. The topological polar surface area (TPSA) is 145 Å². The van der Waals surface area contributed by atoms with Crippen LogP contribution in [-0.4, -0.2) is 70.8 Å². The van der Waals surface area contributed by atoms with Gasteiger partial charge in [0.2, 0.25) is 0 Å². The van der Waals surface area contributed by atoms with Crippen molar-refractivity contribution in [2.75, 3.05) is 35.6 Å². The van der Waals surface area contributed by atoms with Crippen LogP contribution in [0.1, 0.15) is 54.1 Å². The minimum atomic E-state index is -6.05. The van der Waals surface area contributed by atoms with E-state index in [0.717, 1.165) is 58.8 Å². The molecule has 2 fully saturated rings. The fourth-order valence-corrected chi connectivity index (χ4v) is 11.1. The normalized spacial score (nSPS) is 17.4. The summed E-state index contributed by atoms with van der Waals surface area (Å²) in [7, 11) is -10.9. The fraction of sp³-hybridized carbons (Fsp3) is 0.311. The Bertz CT molecular complexity index is 2550. The third-order valence-electron chi connectivity index (χ3n) is 11.3. The standard InChI is InChI=1S/C45H46ClF3N4O6S3/c46-33-16-12-30(13-17-33)39-10-4-5-11-40(39)43(54)31-22-25-53(26-23-31)36-18-14-32(15-19-36)44(55)52-62(58,59)38-20-21-41(42(28-38)61(56,57)45(47,48)49)51-35(27-34-7-6-24-50-34)29-60-37-8-2-1-3-9-37/h1-5,8-21,28,31,34-35,43,50-51,54H,6-7,22-27,29H2,(H,52,55)/t34-,35?,43?/m1/s1. The zero-order valence-electron chi connectivity index (χ0n) is 33.4. The first-order valence-electron chi connectivity index (χ1n) is 20.2. The summed E-state index contributed by atoms with van der Waals surface area (Å²) >= 11 is 7.55. The number of aliphatic hydroxyl groups excluding tert-OH is 1. The molecule has 0 radical (unpaired) electrons. The Kier molecular flexibility index (Phi) is 14.2. The number of piperidine rings is 1. The van der Waals surface area contributed by atoms with Crippen LogP contribution in [0, 0.1) is 5.92 Å². The number of hydrogen-bond acceptors (Lipinski definition) is 10. The molecule has 2 aliphatic heterocycles. The van der Waals surface area contributed by atoms with Gasteiger partial charge in [-0.25, -0.2) is 21.6 Å². The van der Waals surface area contributed by atoms with E-state index in [4.69, 9.17) is 11.6 Å². The van der Waals surface area contributed by atoms with Gasteiger partial charge in [-0.15, -0.1) is 11.8 Å². The third kappa shape index (κ3) is 10.8. The monoisotopic (exact) mass is 926 g/mol. The number of nitrogens with one attached hydrogen (secondary N) is 3. The second kappa shape index (κ2) is 19.4. The molecule has 0 bridgehead atoms. The maximum absolute atomic E-state index is 14.1. The molecular weight excluding hydrogens is 881 g/mol. The lowest BCUT2D eigenvalue weighted by Crippen LogP contribution is -2.36. The first-order valence-corrected chi connectivity index (χ1v) is 24.5. The van der Waals surface area contributed by atoms with Crippen LogP contribution in [0.2, 0.25) is 5.02 Å². The van der Waals surface area contributed by atoms with E-state index >= 15 is 0 Å².